The molecule has 0 unspecified atom stereocenters. The smallest absolute Gasteiger partial charge is 0.267 e. The lowest BCUT2D eigenvalue weighted by Gasteiger charge is -2.23. The van der Waals surface area contributed by atoms with Gasteiger partial charge in [0.05, 0.1) is 17.1 Å². The first kappa shape index (κ1) is 16.5. The summed E-state index contributed by atoms with van der Waals surface area (Å²) in [4.78, 5) is 0.195. The van der Waals surface area contributed by atoms with Crippen molar-refractivity contribution in [1.29, 1.82) is 0 Å². The summed E-state index contributed by atoms with van der Waals surface area (Å²) in [6, 6.07) is 5.59. The lowest BCUT2D eigenvalue weighted by molar-refractivity contribution is 0.588. The van der Waals surface area contributed by atoms with Gasteiger partial charge in [-0.2, -0.15) is 5.10 Å². The molecule has 1 aromatic heterocycles. The van der Waals surface area contributed by atoms with Crippen molar-refractivity contribution in [2.45, 2.75) is 39.1 Å². The molecule has 5 nitrogen and oxygen atoms in total. The summed E-state index contributed by atoms with van der Waals surface area (Å²) in [5.41, 5.74) is 1.36. The fourth-order valence-electron chi connectivity index (χ4n) is 2.59. The van der Waals surface area contributed by atoms with Crippen LogP contribution in [0.1, 0.15) is 25.2 Å². The summed E-state index contributed by atoms with van der Waals surface area (Å²) < 4.78 is 42.3. The van der Waals surface area contributed by atoms with E-state index in [0.29, 0.717) is 23.6 Å². The number of halogens is 1. The molecule has 0 aliphatic carbocycles. The van der Waals surface area contributed by atoms with Gasteiger partial charge in [0.2, 0.25) is 0 Å². The second-order valence-electron chi connectivity index (χ2n) is 4.97. The number of hydrogen-bond donors (Lipinski definition) is 0. The maximum Gasteiger partial charge on any atom is 0.267 e. The van der Waals surface area contributed by atoms with Gasteiger partial charge >= 0.3 is 0 Å². The third-order valence-electron chi connectivity index (χ3n) is 3.55. The second-order valence-corrected chi connectivity index (χ2v) is 6.76. The summed E-state index contributed by atoms with van der Waals surface area (Å²) in [5.74, 6) is -0.469. The average molecular weight is 325 g/mol. The van der Waals surface area contributed by atoms with Crippen molar-refractivity contribution >= 4 is 15.7 Å². The molecule has 0 amide bonds. The Labute approximate surface area is 130 Å². The monoisotopic (exact) mass is 325 g/mol. The molecule has 0 radical (unpaired) electrons. The third kappa shape index (κ3) is 2.72. The molecule has 0 atom stereocenters. The highest BCUT2D eigenvalue weighted by Gasteiger charge is 2.30. The Morgan fingerprint density at radius 1 is 1.27 bits per heavy atom. The van der Waals surface area contributed by atoms with E-state index in [1.54, 1.807) is 31.5 Å². The molecule has 22 heavy (non-hydrogen) atoms. The van der Waals surface area contributed by atoms with Crippen LogP contribution in [-0.4, -0.2) is 24.7 Å². The number of aromatic nitrogens is 2. The maximum atomic E-state index is 13.4. The predicted octanol–water partition coefficient (Wildman–Crippen LogP) is 2.87. The highest BCUT2D eigenvalue weighted by Crippen LogP contribution is 2.28. The van der Waals surface area contributed by atoms with Crippen molar-refractivity contribution in [2.24, 2.45) is 0 Å². The highest BCUT2D eigenvalue weighted by atomic mass is 32.2. The van der Waals surface area contributed by atoms with Gasteiger partial charge in [0.15, 0.2) is 0 Å². The minimum absolute atomic E-state index is 0.195. The van der Waals surface area contributed by atoms with Gasteiger partial charge < -0.3 is 0 Å². The van der Waals surface area contributed by atoms with Crippen molar-refractivity contribution in [3.8, 4) is 0 Å². The Hall–Kier alpha value is -1.89. The van der Waals surface area contributed by atoms with Crippen LogP contribution in [0, 0.1) is 19.7 Å². The van der Waals surface area contributed by atoms with Crippen LogP contribution >= 0.6 is 0 Å². The Kier molecular flexibility index (Phi) is 4.55. The Bertz CT molecular complexity index is 784. The zero-order chi connectivity index (χ0) is 16.5. The van der Waals surface area contributed by atoms with Crippen molar-refractivity contribution in [3.05, 3.63) is 41.5 Å². The molecule has 2 aromatic rings. The van der Waals surface area contributed by atoms with Crippen LogP contribution in [0.2, 0.25) is 0 Å². The number of nitrogens with zero attached hydrogens (tertiary/aromatic N) is 3. The molecule has 7 heteroatoms. The van der Waals surface area contributed by atoms with Gasteiger partial charge in [0, 0.05) is 13.1 Å². The van der Waals surface area contributed by atoms with Crippen molar-refractivity contribution in [1.82, 2.24) is 9.78 Å². The molecular weight excluding hydrogens is 305 g/mol. The largest absolute Gasteiger partial charge is 0.268 e. The highest BCUT2D eigenvalue weighted by molar-refractivity contribution is 7.93. The van der Waals surface area contributed by atoms with Crippen LogP contribution in [0.4, 0.5) is 10.1 Å². The number of hydrogen-bond acceptors (Lipinski definition) is 3. The van der Waals surface area contributed by atoms with Crippen molar-refractivity contribution < 1.29 is 12.8 Å². The molecule has 0 aliphatic rings. The van der Waals surface area contributed by atoms with Gasteiger partial charge in [-0.3, -0.25) is 8.99 Å². The van der Waals surface area contributed by atoms with Gasteiger partial charge in [0.1, 0.15) is 10.7 Å². The average Bonchev–Trinajstić information content (AvgIpc) is 2.74. The quantitative estimate of drug-likeness (QED) is 0.849. The van der Waals surface area contributed by atoms with E-state index in [1.165, 1.54) is 22.5 Å². The first-order valence-electron chi connectivity index (χ1n) is 7.15. The van der Waals surface area contributed by atoms with Gasteiger partial charge in [-0.1, -0.05) is 6.07 Å². The summed E-state index contributed by atoms with van der Waals surface area (Å²) in [6.07, 6.45) is 0. The van der Waals surface area contributed by atoms with Crippen molar-refractivity contribution in [3.63, 3.8) is 0 Å². The molecular formula is C15H20FN3O2S. The van der Waals surface area contributed by atoms with E-state index in [2.05, 4.69) is 5.10 Å². The first-order valence-corrected chi connectivity index (χ1v) is 8.59. The number of anilines is 1. The molecule has 0 fully saturated rings. The molecule has 0 saturated carbocycles. The van der Waals surface area contributed by atoms with E-state index >= 15 is 0 Å². The SMILES string of the molecule is CCN(c1cccc(F)c1)S(=O)(=O)c1c(C)nn(CC)c1C. The first-order chi connectivity index (χ1) is 10.3. The van der Waals surface area contributed by atoms with Crippen LogP contribution < -0.4 is 4.31 Å². The number of sulfonamides is 1. The molecule has 0 saturated heterocycles. The topological polar surface area (TPSA) is 55.2 Å². The molecule has 0 spiro atoms. The summed E-state index contributed by atoms with van der Waals surface area (Å²) in [7, 11) is -3.79. The van der Waals surface area contributed by atoms with Gasteiger partial charge in [0.25, 0.3) is 10.0 Å². The van der Waals surface area contributed by atoms with E-state index in [4.69, 9.17) is 0 Å². The van der Waals surface area contributed by atoms with E-state index in [1.807, 2.05) is 6.92 Å². The summed E-state index contributed by atoms with van der Waals surface area (Å²) >= 11 is 0. The minimum Gasteiger partial charge on any atom is -0.268 e. The Morgan fingerprint density at radius 3 is 2.45 bits per heavy atom. The van der Waals surface area contributed by atoms with Gasteiger partial charge in [-0.25, -0.2) is 12.8 Å². The number of rotatable bonds is 5. The molecule has 0 bridgehead atoms. The molecule has 0 N–H and O–H groups in total. The van der Waals surface area contributed by atoms with Crippen LogP contribution in [-0.2, 0) is 16.6 Å². The Morgan fingerprint density at radius 2 is 1.95 bits per heavy atom. The normalized spacial score (nSPS) is 11.7. The molecule has 0 aliphatic heterocycles. The van der Waals surface area contributed by atoms with E-state index in [9.17, 15) is 12.8 Å². The lowest BCUT2D eigenvalue weighted by Crippen LogP contribution is -2.31. The van der Waals surface area contributed by atoms with E-state index in [0.717, 1.165) is 0 Å². The van der Waals surface area contributed by atoms with Crippen LogP contribution in [0.15, 0.2) is 29.2 Å². The van der Waals surface area contributed by atoms with E-state index in [-0.39, 0.29) is 11.4 Å². The van der Waals surface area contributed by atoms with Gasteiger partial charge in [-0.05, 0) is 45.9 Å². The van der Waals surface area contributed by atoms with Gasteiger partial charge in [-0.15, -0.1) is 0 Å². The number of aryl methyl sites for hydroxylation is 2. The van der Waals surface area contributed by atoms with Crippen molar-refractivity contribution in [2.75, 3.05) is 10.8 Å². The van der Waals surface area contributed by atoms with Crippen LogP contribution in [0.5, 0.6) is 0 Å². The standard InChI is InChI=1S/C15H20FN3O2S/c1-5-18-12(4)15(11(3)17-18)22(20,21)19(6-2)14-9-7-8-13(16)10-14/h7-10H,5-6H2,1-4H3. The van der Waals surface area contributed by atoms with Crippen LogP contribution in [0.3, 0.4) is 0 Å². The van der Waals surface area contributed by atoms with E-state index < -0.39 is 15.8 Å². The second kappa shape index (κ2) is 6.08. The summed E-state index contributed by atoms with van der Waals surface area (Å²) in [5, 5.41) is 4.26. The Balaban J connectivity index is 2.60. The maximum absolute atomic E-state index is 13.4. The zero-order valence-corrected chi connectivity index (χ0v) is 14.0. The molecule has 120 valence electrons. The molecule has 2 rings (SSSR count). The molecule has 1 heterocycles. The zero-order valence-electron chi connectivity index (χ0n) is 13.2. The fourth-order valence-corrected chi connectivity index (χ4v) is 4.44. The fraction of sp³-hybridized carbons (Fsp3) is 0.400. The molecule has 1 aromatic carbocycles. The summed E-state index contributed by atoms with van der Waals surface area (Å²) in [6.45, 7) is 7.83. The van der Waals surface area contributed by atoms with Crippen LogP contribution in [0.25, 0.3) is 0 Å². The third-order valence-corrected chi connectivity index (χ3v) is 5.70. The lowest BCUT2D eigenvalue weighted by atomic mass is 10.3. The minimum atomic E-state index is -3.79. The predicted molar refractivity (Wildman–Crippen MR) is 84.0 cm³/mol. The number of benzene rings is 1.